The predicted octanol–water partition coefficient (Wildman–Crippen LogP) is 4.05. The minimum atomic E-state index is -0.498. The highest BCUT2D eigenvalue weighted by Gasteiger charge is 2.36. The van der Waals surface area contributed by atoms with Crippen molar-refractivity contribution in [3.8, 4) is 0 Å². The molecule has 1 aliphatic rings. The van der Waals surface area contributed by atoms with Gasteiger partial charge in [0.15, 0.2) is 6.29 Å². The zero-order chi connectivity index (χ0) is 15.8. The summed E-state index contributed by atoms with van der Waals surface area (Å²) in [5.41, 5.74) is 0.697. The molecule has 0 bridgehead atoms. The maximum Gasteiger partial charge on any atom is 0.410 e. The largest absolute Gasteiger partial charge is 0.444 e. The monoisotopic (exact) mass is 309 g/mol. The van der Waals surface area contributed by atoms with Crippen LogP contribution in [0.25, 0.3) is 0 Å². The Morgan fingerprint density at radius 2 is 2.14 bits per heavy atom. The highest BCUT2D eigenvalue weighted by atomic mass is 32.1. The Kier molecular flexibility index (Phi) is 4.42. The van der Waals surface area contributed by atoms with Gasteiger partial charge in [-0.15, -0.1) is 11.3 Å². The van der Waals surface area contributed by atoms with Gasteiger partial charge in [0, 0.05) is 11.4 Å². The summed E-state index contributed by atoms with van der Waals surface area (Å²) in [5, 5.41) is 0. The van der Waals surface area contributed by atoms with Gasteiger partial charge in [-0.05, 0) is 44.7 Å². The van der Waals surface area contributed by atoms with E-state index in [9.17, 15) is 9.59 Å². The second kappa shape index (κ2) is 5.79. The molecular weight excluding hydrogens is 286 g/mol. The highest BCUT2D eigenvalue weighted by Crippen LogP contribution is 2.40. The van der Waals surface area contributed by atoms with E-state index >= 15 is 0 Å². The minimum absolute atomic E-state index is 0.0118. The van der Waals surface area contributed by atoms with E-state index < -0.39 is 5.60 Å². The van der Waals surface area contributed by atoms with E-state index in [0.29, 0.717) is 6.54 Å². The number of ether oxygens (including phenoxy) is 1. The lowest BCUT2D eigenvalue weighted by molar-refractivity contribution is 0.00936. The summed E-state index contributed by atoms with van der Waals surface area (Å²) in [4.78, 5) is 27.1. The van der Waals surface area contributed by atoms with Crippen LogP contribution in [-0.2, 0) is 11.2 Å². The highest BCUT2D eigenvalue weighted by molar-refractivity contribution is 7.13. The summed E-state index contributed by atoms with van der Waals surface area (Å²) in [5.74, 6) is 0.273. The van der Waals surface area contributed by atoms with Gasteiger partial charge >= 0.3 is 6.09 Å². The van der Waals surface area contributed by atoms with E-state index in [0.717, 1.165) is 22.5 Å². The standard InChI is InChI=1S/C16H23NO3S/c1-10(2)13-14-11(8-12(9-18)21-14)6-7-17(13)15(19)20-16(3,4)5/h8-10,13H,6-7H2,1-5H3. The van der Waals surface area contributed by atoms with Gasteiger partial charge in [-0.3, -0.25) is 9.69 Å². The third-order valence-corrected chi connectivity index (χ3v) is 4.64. The Balaban J connectivity index is 2.32. The smallest absolute Gasteiger partial charge is 0.410 e. The molecule has 0 radical (unpaired) electrons. The summed E-state index contributed by atoms with van der Waals surface area (Å²) < 4.78 is 5.53. The molecule has 1 aromatic rings. The molecule has 0 saturated carbocycles. The van der Waals surface area contributed by atoms with Gasteiger partial charge in [0.25, 0.3) is 0 Å². The number of nitrogens with zero attached hydrogens (tertiary/aromatic N) is 1. The van der Waals surface area contributed by atoms with Crippen molar-refractivity contribution in [1.29, 1.82) is 0 Å². The average Bonchev–Trinajstić information content (AvgIpc) is 2.77. The molecule has 0 fully saturated rings. The van der Waals surface area contributed by atoms with Gasteiger partial charge in [0.1, 0.15) is 5.60 Å². The zero-order valence-electron chi connectivity index (χ0n) is 13.3. The number of thiophene rings is 1. The number of carbonyl (C=O) groups excluding carboxylic acids is 2. The van der Waals surface area contributed by atoms with Crippen LogP contribution in [0.4, 0.5) is 4.79 Å². The lowest BCUT2D eigenvalue weighted by atomic mass is 9.93. The Labute approximate surface area is 130 Å². The summed E-state index contributed by atoms with van der Waals surface area (Å²) in [6.45, 7) is 10.5. The van der Waals surface area contributed by atoms with Gasteiger partial charge in [-0.25, -0.2) is 4.79 Å². The summed E-state index contributed by atoms with van der Waals surface area (Å²) in [7, 11) is 0. The van der Waals surface area contributed by atoms with E-state index in [1.54, 1.807) is 0 Å². The first-order chi connectivity index (χ1) is 9.73. The van der Waals surface area contributed by atoms with Crippen molar-refractivity contribution in [2.75, 3.05) is 6.54 Å². The van der Waals surface area contributed by atoms with Gasteiger partial charge < -0.3 is 4.74 Å². The van der Waals surface area contributed by atoms with Gasteiger partial charge in [-0.2, -0.15) is 0 Å². The third-order valence-electron chi connectivity index (χ3n) is 3.46. The first-order valence-corrected chi connectivity index (χ1v) is 8.12. The van der Waals surface area contributed by atoms with Crippen molar-refractivity contribution < 1.29 is 14.3 Å². The van der Waals surface area contributed by atoms with Gasteiger partial charge in [-0.1, -0.05) is 13.8 Å². The molecule has 1 aliphatic heterocycles. The molecule has 2 heterocycles. The molecule has 21 heavy (non-hydrogen) atoms. The van der Waals surface area contributed by atoms with Crippen LogP contribution >= 0.6 is 11.3 Å². The molecule has 4 nitrogen and oxygen atoms in total. The van der Waals surface area contributed by atoms with Crippen LogP contribution in [0.1, 0.15) is 60.8 Å². The second-order valence-corrected chi connectivity index (χ2v) is 7.88. The average molecular weight is 309 g/mol. The number of aldehydes is 1. The molecule has 0 aliphatic carbocycles. The lowest BCUT2D eigenvalue weighted by Crippen LogP contribution is -2.44. The molecule has 1 unspecified atom stereocenters. The number of amides is 1. The van der Waals surface area contributed by atoms with Crippen molar-refractivity contribution in [1.82, 2.24) is 4.90 Å². The van der Waals surface area contributed by atoms with Crippen LogP contribution in [0.5, 0.6) is 0 Å². The predicted molar refractivity (Wildman–Crippen MR) is 83.9 cm³/mol. The molecule has 0 saturated heterocycles. The van der Waals surface area contributed by atoms with E-state index in [1.807, 2.05) is 31.7 Å². The molecule has 1 amide bonds. The molecular formula is C16H23NO3S. The van der Waals surface area contributed by atoms with Crippen molar-refractivity contribution in [3.05, 3.63) is 21.4 Å². The molecule has 1 atom stereocenters. The molecule has 5 heteroatoms. The number of rotatable bonds is 2. The SMILES string of the molecule is CC(C)C1c2sc(C=O)cc2CCN1C(=O)OC(C)(C)C. The fourth-order valence-corrected chi connectivity index (χ4v) is 3.99. The molecule has 0 spiro atoms. The number of hydrogen-bond donors (Lipinski definition) is 0. The van der Waals surface area contributed by atoms with Gasteiger partial charge in [0.2, 0.25) is 0 Å². The Hall–Kier alpha value is -1.36. The van der Waals surface area contributed by atoms with Crippen molar-refractivity contribution in [3.63, 3.8) is 0 Å². The number of hydrogen-bond acceptors (Lipinski definition) is 4. The fourth-order valence-electron chi connectivity index (χ4n) is 2.68. The van der Waals surface area contributed by atoms with E-state index in [4.69, 9.17) is 4.74 Å². The third kappa shape index (κ3) is 3.46. The van der Waals surface area contributed by atoms with Crippen LogP contribution in [0.3, 0.4) is 0 Å². The fraction of sp³-hybridized carbons (Fsp3) is 0.625. The Bertz CT molecular complexity index is 542. The normalized spacial score (nSPS) is 18.6. The Morgan fingerprint density at radius 1 is 1.48 bits per heavy atom. The van der Waals surface area contributed by atoms with Crippen molar-refractivity contribution in [2.45, 2.75) is 52.7 Å². The summed E-state index contributed by atoms with van der Waals surface area (Å²) in [6, 6.07) is 1.94. The summed E-state index contributed by atoms with van der Waals surface area (Å²) in [6.07, 6.45) is 1.40. The van der Waals surface area contributed by atoms with E-state index in [1.165, 1.54) is 16.9 Å². The second-order valence-electron chi connectivity index (χ2n) is 6.77. The Morgan fingerprint density at radius 3 is 2.67 bits per heavy atom. The van der Waals surface area contributed by atoms with E-state index in [-0.39, 0.29) is 18.1 Å². The maximum absolute atomic E-state index is 12.5. The van der Waals surface area contributed by atoms with Crippen LogP contribution in [0.15, 0.2) is 6.07 Å². The van der Waals surface area contributed by atoms with Crippen molar-refractivity contribution in [2.24, 2.45) is 5.92 Å². The first kappa shape index (κ1) is 16.0. The topological polar surface area (TPSA) is 46.6 Å². The molecule has 1 aromatic heterocycles. The van der Waals surface area contributed by atoms with Crippen LogP contribution < -0.4 is 0 Å². The molecule has 116 valence electrons. The molecule has 0 N–H and O–H groups in total. The van der Waals surface area contributed by atoms with Gasteiger partial charge in [0.05, 0.1) is 10.9 Å². The molecule has 0 aromatic carbocycles. The maximum atomic E-state index is 12.5. The van der Waals surface area contributed by atoms with Crippen LogP contribution in [0.2, 0.25) is 0 Å². The quantitative estimate of drug-likeness (QED) is 0.774. The number of carbonyl (C=O) groups is 2. The zero-order valence-corrected chi connectivity index (χ0v) is 14.1. The molecule has 2 rings (SSSR count). The minimum Gasteiger partial charge on any atom is -0.444 e. The number of fused-ring (bicyclic) bond motifs is 1. The van der Waals surface area contributed by atoms with E-state index in [2.05, 4.69) is 13.8 Å². The van der Waals surface area contributed by atoms with Crippen molar-refractivity contribution >= 4 is 23.7 Å². The lowest BCUT2D eigenvalue weighted by Gasteiger charge is -2.38. The van der Waals surface area contributed by atoms with Crippen LogP contribution in [0, 0.1) is 5.92 Å². The first-order valence-electron chi connectivity index (χ1n) is 7.30. The van der Waals surface area contributed by atoms with Crippen LogP contribution in [-0.4, -0.2) is 29.4 Å². The summed E-state index contributed by atoms with van der Waals surface area (Å²) >= 11 is 1.49.